The fourth-order valence-electron chi connectivity index (χ4n) is 4.51. The monoisotopic (exact) mass is 374 g/mol. The van der Waals surface area contributed by atoms with Gasteiger partial charge in [-0.2, -0.15) is 0 Å². The molecule has 0 aromatic heterocycles. The molecule has 1 aliphatic carbocycles. The summed E-state index contributed by atoms with van der Waals surface area (Å²) in [4.78, 5) is 15.3. The molecule has 3 rings (SSSR count). The van der Waals surface area contributed by atoms with E-state index in [1.54, 1.807) is 0 Å². The molecule has 1 saturated carbocycles. The number of nitrogens with zero attached hydrogens (tertiary/aromatic N) is 1. The van der Waals surface area contributed by atoms with Gasteiger partial charge in [-0.3, -0.25) is 9.69 Å². The van der Waals surface area contributed by atoms with Crippen LogP contribution in [0.3, 0.4) is 0 Å². The van der Waals surface area contributed by atoms with E-state index in [0.29, 0.717) is 6.54 Å². The van der Waals surface area contributed by atoms with Crippen molar-refractivity contribution in [2.24, 2.45) is 0 Å². The van der Waals surface area contributed by atoms with Crippen LogP contribution in [0.1, 0.15) is 50.2 Å². The van der Waals surface area contributed by atoms with E-state index in [4.69, 9.17) is 9.47 Å². The Morgan fingerprint density at radius 2 is 1.78 bits per heavy atom. The van der Waals surface area contributed by atoms with Crippen molar-refractivity contribution in [2.45, 2.75) is 64.5 Å². The highest BCUT2D eigenvalue weighted by molar-refractivity contribution is 5.80. The number of amides is 1. The third kappa shape index (κ3) is 5.23. The van der Waals surface area contributed by atoms with E-state index in [1.807, 2.05) is 32.9 Å². The topological polar surface area (TPSA) is 50.8 Å². The molecule has 1 aliphatic heterocycles. The van der Waals surface area contributed by atoms with Crippen molar-refractivity contribution in [3.63, 3.8) is 0 Å². The van der Waals surface area contributed by atoms with Crippen molar-refractivity contribution in [1.82, 2.24) is 10.2 Å². The van der Waals surface area contributed by atoms with E-state index in [0.717, 1.165) is 56.0 Å². The van der Waals surface area contributed by atoms with E-state index in [-0.39, 0.29) is 11.4 Å². The molecule has 0 radical (unpaired) electrons. The van der Waals surface area contributed by atoms with E-state index in [1.165, 1.54) is 19.3 Å². The molecule has 2 aliphatic rings. The zero-order valence-electron chi connectivity index (χ0n) is 17.1. The Morgan fingerprint density at radius 1 is 1.15 bits per heavy atom. The number of nitrogens with one attached hydrogen (secondary N) is 1. The van der Waals surface area contributed by atoms with Crippen LogP contribution in [0.5, 0.6) is 5.75 Å². The highest BCUT2D eigenvalue weighted by atomic mass is 16.5. The van der Waals surface area contributed by atoms with Crippen molar-refractivity contribution in [3.8, 4) is 5.75 Å². The van der Waals surface area contributed by atoms with Crippen LogP contribution in [-0.4, -0.2) is 55.3 Å². The van der Waals surface area contributed by atoms with Gasteiger partial charge >= 0.3 is 0 Å². The van der Waals surface area contributed by atoms with Crippen molar-refractivity contribution < 1.29 is 14.3 Å². The van der Waals surface area contributed by atoms with Crippen molar-refractivity contribution >= 4 is 5.91 Å². The second kappa shape index (κ2) is 9.07. The molecule has 150 valence electrons. The van der Waals surface area contributed by atoms with Crippen molar-refractivity contribution in [3.05, 3.63) is 29.3 Å². The lowest BCUT2D eigenvalue weighted by molar-refractivity contribution is -0.128. The van der Waals surface area contributed by atoms with Crippen LogP contribution in [0.2, 0.25) is 0 Å². The number of aryl methyl sites for hydroxylation is 2. The van der Waals surface area contributed by atoms with Gasteiger partial charge in [0.2, 0.25) is 0 Å². The Labute approximate surface area is 163 Å². The van der Waals surface area contributed by atoms with Gasteiger partial charge in [0.05, 0.1) is 13.2 Å². The van der Waals surface area contributed by atoms with E-state index in [9.17, 15) is 4.79 Å². The van der Waals surface area contributed by atoms with Gasteiger partial charge in [-0.05, 0) is 56.9 Å². The van der Waals surface area contributed by atoms with Gasteiger partial charge in [-0.15, -0.1) is 0 Å². The number of morpholine rings is 1. The second-order valence-electron chi connectivity index (χ2n) is 8.19. The predicted molar refractivity (Wildman–Crippen MR) is 107 cm³/mol. The molecule has 27 heavy (non-hydrogen) atoms. The molecule has 0 bridgehead atoms. The number of rotatable bonds is 6. The van der Waals surface area contributed by atoms with Gasteiger partial charge in [0.25, 0.3) is 5.91 Å². The molecular formula is C22H34N2O3. The molecule has 2 fully saturated rings. The average molecular weight is 375 g/mol. The summed E-state index contributed by atoms with van der Waals surface area (Å²) in [6, 6.07) is 6.06. The van der Waals surface area contributed by atoms with Crippen LogP contribution in [0.25, 0.3) is 0 Å². The summed E-state index contributed by atoms with van der Waals surface area (Å²) in [7, 11) is 0. The van der Waals surface area contributed by atoms with Crippen LogP contribution in [0.15, 0.2) is 18.2 Å². The van der Waals surface area contributed by atoms with E-state index >= 15 is 0 Å². The minimum absolute atomic E-state index is 0.0348. The minimum atomic E-state index is -0.503. The number of carbonyl (C=O) groups is 1. The van der Waals surface area contributed by atoms with Crippen LogP contribution in [-0.2, 0) is 9.53 Å². The lowest BCUT2D eigenvalue weighted by Crippen LogP contribution is -2.60. The molecule has 5 nitrogen and oxygen atoms in total. The normalized spacial score (nSPS) is 21.4. The first kappa shape index (κ1) is 20.2. The largest absolute Gasteiger partial charge is 0.481 e. The number of hydrogen-bond acceptors (Lipinski definition) is 4. The number of carbonyl (C=O) groups excluding carboxylic acids is 1. The fourth-order valence-corrected chi connectivity index (χ4v) is 4.51. The first-order valence-corrected chi connectivity index (χ1v) is 10.3. The van der Waals surface area contributed by atoms with Crippen LogP contribution < -0.4 is 10.1 Å². The van der Waals surface area contributed by atoms with Crippen molar-refractivity contribution in [1.29, 1.82) is 0 Å². The third-order valence-corrected chi connectivity index (χ3v) is 5.94. The summed E-state index contributed by atoms with van der Waals surface area (Å²) in [6.45, 7) is 10.1. The van der Waals surface area contributed by atoms with Crippen LogP contribution >= 0.6 is 0 Å². The molecule has 1 amide bonds. The molecule has 1 atom stereocenters. The summed E-state index contributed by atoms with van der Waals surface area (Å²) in [5, 5.41) is 3.19. The van der Waals surface area contributed by atoms with Gasteiger partial charge < -0.3 is 14.8 Å². The Hall–Kier alpha value is -1.59. The lowest BCUT2D eigenvalue weighted by atomic mass is 9.79. The second-order valence-corrected chi connectivity index (χ2v) is 8.19. The summed E-state index contributed by atoms with van der Waals surface area (Å²) >= 11 is 0. The maximum absolute atomic E-state index is 12.7. The minimum Gasteiger partial charge on any atom is -0.481 e. The first-order valence-electron chi connectivity index (χ1n) is 10.3. The summed E-state index contributed by atoms with van der Waals surface area (Å²) in [5.41, 5.74) is 2.37. The summed E-state index contributed by atoms with van der Waals surface area (Å²) in [5.74, 6) is 0.725. The molecule has 1 N–H and O–H groups in total. The van der Waals surface area contributed by atoms with Gasteiger partial charge in [-0.1, -0.05) is 25.3 Å². The third-order valence-electron chi connectivity index (χ3n) is 5.94. The van der Waals surface area contributed by atoms with Gasteiger partial charge in [0.15, 0.2) is 6.10 Å². The Kier molecular flexibility index (Phi) is 6.77. The Balaban J connectivity index is 1.59. The molecule has 1 aromatic rings. The molecule has 0 spiro atoms. The van der Waals surface area contributed by atoms with Gasteiger partial charge in [-0.25, -0.2) is 0 Å². The maximum atomic E-state index is 12.7. The Bertz CT molecular complexity index is 614. The zero-order valence-corrected chi connectivity index (χ0v) is 17.1. The summed E-state index contributed by atoms with van der Waals surface area (Å²) in [6.07, 6.45) is 5.58. The SMILES string of the molecule is Cc1cc(C)cc(O[C@@H](C)C(=O)NCC2(N3CCOCC3)CCCCC2)c1. The average Bonchev–Trinajstić information content (AvgIpc) is 2.66. The zero-order chi connectivity index (χ0) is 19.3. The molecular weight excluding hydrogens is 340 g/mol. The van der Waals surface area contributed by atoms with E-state index in [2.05, 4.69) is 16.3 Å². The van der Waals surface area contributed by atoms with Gasteiger partial charge in [0, 0.05) is 25.2 Å². The Morgan fingerprint density at radius 3 is 2.41 bits per heavy atom. The molecule has 5 heteroatoms. The highest BCUT2D eigenvalue weighted by Gasteiger charge is 2.39. The fraction of sp³-hybridized carbons (Fsp3) is 0.682. The molecule has 1 aromatic carbocycles. The number of ether oxygens (including phenoxy) is 2. The van der Waals surface area contributed by atoms with Crippen LogP contribution in [0.4, 0.5) is 0 Å². The predicted octanol–water partition coefficient (Wildman–Crippen LogP) is 3.22. The smallest absolute Gasteiger partial charge is 0.260 e. The lowest BCUT2D eigenvalue weighted by Gasteiger charge is -2.48. The summed E-state index contributed by atoms with van der Waals surface area (Å²) < 4.78 is 11.4. The van der Waals surface area contributed by atoms with Gasteiger partial charge in [0.1, 0.15) is 5.75 Å². The molecule has 1 heterocycles. The molecule has 0 unspecified atom stereocenters. The number of hydrogen-bond donors (Lipinski definition) is 1. The van der Waals surface area contributed by atoms with Crippen LogP contribution in [0, 0.1) is 13.8 Å². The number of benzene rings is 1. The van der Waals surface area contributed by atoms with Crippen molar-refractivity contribution in [2.75, 3.05) is 32.8 Å². The standard InChI is InChI=1S/C22H34N2O3/c1-17-13-18(2)15-20(14-17)27-19(3)21(25)23-16-22(7-5-4-6-8-22)24-9-11-26-12-10-24/h13-15,19H,4-12,16H2,1-3H3,(H,23,25)/t19-/m0/s1. The highest BCUT2D eigenvalue weighted by Crippen LogP contribution is 2.34. The first-order chi connectivity index (χ1) is 13.0. The quantitative estimate of drug-likeness (QED) is 0.831. The maximum Gasteiger partial charge on any atom is 0.260 e. The van der Waals surface area contributed by atoms with E-state index < -0.39 is 6.10 Å². The molecule has 1 saturated heterocycles.